The van der Waals surface area contributed by atoms with E-state index in [0.29, 0.717) is 22.3 Å². The average molecular weight is 323 g/mol. The van der Waals surface area contributed by atoms with E-state index in [1.807, 2.05) is 0 Å². The van der Waals surface area contributed by atoms with E-state index in [1.54, 1.807) is 38.4 Å². The second-order valence-electron chi connectivity index (χ2n) is 4.14. The number of amides is 1. The van der Waals surface area contributed by atoms with Crippen LogP contribution < -0.4 is 20.1 Å². The average Bonchev–Trinajstić information content (AvgIpc) is 2.54. The molecule has 2 N–H and O–H groups in total. The van der Waals surface area contributed by atoms with Crippen LogP contribution in [-0.4, -0.2) is 36.6 Å². The highest BCUT2D eigenvalue weighted by molar-refractivity contribution is 6.32. The molecule has 2 aromatic rings. The first-order valence-corrected chi connectivity index (χ1v) is 6.81. The summed E-state index contributed by atoms with van der Waals surface area (Å²) in [5, 5.41) is 5.71. The van der Waals surface area contributed by atoms with E-state index in [-0.39, 0.29) is 18.5 Å². The lowest BCUT2D eigenvalue weighted by molar-refractivity contribution is -0.122. The number of hydrogen-bond donors (Lipinski definition) is 2. The lowest BCUT2D eigenvalue weighted by Gasteiger charge is -2.09. The first-order valence-electron chi connectivity index (χ1n) is 6.44. The maximum Gasteiger partial charge on any atom is 0.323 e. The standard InChI is InChI=1S/C14H15ClN4O3/c1-16-12(20)8-21-9-4-3-5-10(6-9)22-14-18-7-11(15)13(17-2)19-14/h3-7H,8H2,1-2H3,(H,16,20)(H,17,18,19). The van der Waals surface area contributed by atoms with Gasteiger partial charge in [0.25, 0.3) is 5.91 Å². The molecule has 1 aromatic carbocycles. The maximum atomic E-state index is 11.2. The van der Waals surface area contributed by atoms with Crippen LogP contribution in [0.1, 0.15) is 0 Å². The second kappa shape index (κ2) is 7.46. The number of anilines is 1. The van der Waals surface area contributed by atoms with Crippen molar-refractivity contribution in [3.8, 4) is 17.5 Å². The van der Waals surface area contributed by atoms with Crippen LogP contribution in [0.15, 0.2) is 30.5 Å². The molecule has 0 saturated carbocycles. The minimum absolute atomic E-state index is 0.0682. The Morgan fingerprint density at radius 1 is 1.32 bits per heavy atom. The number of ether oxygens (including phenoxy) is 2. The quantitative estimate of drug-likeness (QED) is 0.847. The Morgan fingerprint density at radius 3 is 2.82 bits per heavy atom. The molecule has 1 heterocycles. The summed E-state index contributed by atoms with van der Waals surface area (Å²) in [6.07, 6.45) is 1.45. The highest BCUT2D eigenvalue weighted by Gasteiger charge is 2.07. The highest BCUT2D eigenvalue weighted by Crippen LogP contribution is 2.25. The monoisotopic (exact) mass is 322 g/mol. The van der Waals surface area contributed by atoms with E-state index in [2.05, 4.69) is 20.6 Å². The number of benzene rings is 1. The van der Waals surface area contributed by atoms with Crippen molar-refractivity contribution in [3.05, 3.63) is 35.5 Å². The molecule has 1 aromatic heterocycles. The molecule has 2 rings (SSSR count). The van der Waals surface area contributed by atoms with Crippen LogP contribution >= 0.6 is 11.6 Å². The normalized spacial score (nSPS) is 9.95. The van der Waals surface area contributed by atoms with Crippen LogP contribution in [0.2, 0.25) is 5.02 Å². The Labute approximate surface area is 132 Å². The van der Waals surface area contributed by atoms with Gasteiger partial charge in [0.2, 0.25) is 0 Å². The van der Waals surface area contributed by atoms with Gasteiger partial charge < -0.3 is 20.1 Å². The predicted molar refractivity (Wildman–Crippen MR) is 82.7 cm³/mol. The smallest absolute Gasteiger partial charge is 0.323 e. The number of halogens is 1. The molecule has 0 aliphatic carbocycles. The molecule has 8 heteroatoms. The largest absolute Gasteiger partial charge is 0.484 e. The van der Waals surface area contributed by atoms with Gasteiger partial charge in [-0.05, 0) is 12.1 Å². The Bertz CT molecular complexity index is 666. The van der Waals surface area contributed by atoms with E-state index in [4.69, 9.17) is 21.1 Å². The third-order valence-corrected chi connectivity index (χ3v) is 2.90. The van der Waals surface area contributed by atoms with Crippen molar-refractivity contribution in [3.63, 3.8) is 0 Å². The number of carbonyl (C=O) groups excluding carboxylic acids is 1. The molecular weight excluding hydrogens is 308 g/mol. The minimum Gasteiger partial charge on any atom is -0.484 e. The van der Waals surface area contributed by atoms with Crippen molar-refractivity contribution >= 4 is 23.3 Å². The number of hydrogen-bond acceptors (Lipinski definition) is 6. The Balaban J connectivity index is 2.08. The van der Waals surface area contributed by atoms with Crippen LogP contribution in [-0.2, 0) is 4.79 Å². The van der Waals surface area contributed by atoms with Crippen molar-refractivity contribution in [1.82, 2.24) is 15.3 Å². The van der Waals surface area contributed by atoms with Gasteiger partial charge in [0.05, 0.1) is 6.20 Å². The van der Waals surface area contributed by atoms with Crippen LogP contribution in [0.5, 0.6) is 17.5 Å². The van der Waals surface area contributed by atoms with Gasteiger partial charge in [0.15, 0.2) is 12.4 Å². The Morgan fingerprint density at radius 2 is 2.09 bits per heavy atom. The van der Waals surface area contributed by atoms with Gasteiger partial charge in [-0.25, -0.2) is 4.98 Å². The van der Waals surface area contributed by atoms with Gasteiger partial charge in [-0.15, -0.1) is 0 Å². The highest BCUT2D eigenvalue weighted by atomic mass is 35.5. The summed E-state index contributed by atoms with van der Waals surface area (Å²) in [5.74, 6) is 1.24. The number of rotatable bonds is 6. The maximum absolute atomic E-state index is 11.2. The zero-order valence-corrected chi connectivity index (χ0v) is 12.8. The number of likely N-dealkylation sites (N-methyl/N-ethyl adjacent to an activating group) is 1. The van der Waals surface area contributed by atoms with Crippen LogP contribution in [0.4, 0.5) is 5.82 Å². The summed E-state index contributed by atoms with van der Waals surface area (Å²) in [4.78, 5) is 19.3. The summed E-state index contributed by atoms with van der Waals surface area (Å²) in [6.45, 7) is -0.0682. The third kappa shape index (κ3) is 4.23. The van der Waals surface area contributed by atoms with Crippen LogP contribution in [0, 0.1) is 0 Å². The zero-order valence-electron chi connectivity index (χ0n) is 12.1. The summed E-state index contributed by atoms with van der Waals surface area (Å²) < 4.78 is 10.9. The number of nitrogens with one attached hydrogen (secondary N) is 2. The molecule has 0 fully saturated rings. The number of nitrogens with zero attached hydrogens (tertiary/aromatic N) is 2. The van der Waals surface area contributed by atoms with Gasteiger partial charge in [0.1, 0.15) is 16.5 Å². The molecule has 116 valence electrons. The van der Waals surface area contributed by atoms with Gasteiger partial charge in [-0.3, -0.25) is 4.79 Å². The van der Waals surface area contributed by atoms with Crippen LogP contribution in [0.3, 0.4) is 0 Å². The second-order valence-corrected chi connectivity index (χ2v) is 4.55. The first-order chi connectivity index (χ1) is 10.6. The summed E-state index contributed by atoms with van der Waals surface area (Å²) in [6, 6.07) is 6.97. The summed E-state index contributed by atoms with van der Waals surface area (Å²) in [5.41, 5.74) is 0. The summed E-state index contributed by atoms with van der Waals surface area (Å²) in [7, 11) is 3.24. The zero-order chi connectivity index (χ0) is 15.9. The third-order valence-electron chi connectivity index (χ3n) is 2.62. The fourth-order valence-electron chi connectivity index (χ4n) is 1.53. The first kappa shape index (κ1) is 15.8. The fourth-order valence-corrected chi connectivity index (χ4v) is 1.71. The lowest BCUT2D eigenvalue weighted by Crippen LogP contribution is -2.24. The molecule has 0 aliphatic heterocycles. The molecule has 0 unspecified atom stereocenters. The van der Waals surface area contributed by atoms with Gasteiger partial charge >= 0.3 is 6.01 Å². The van der Waals surface area contributed by atoms with E-state index in [1.165, 1.54) is 6.20 Å². The minimum atomic E-state index is -0.217. The molecule has 22 heavy (non-hydrogen) atoms. The molecule has 0 bridgehead atoms. The fraction of sp³-hybridized carbons (Fsp3) is 0.214. The van der Waals surface area contributed by atoms with E-state index in [0.717, 1.165) is 0 Å². The molecule has 7 nitrogen and oxygen atoms in total. The number of carbonyl (C=O) groups is 1. The molecular formula is C14H15ClN4O3. The summed E-state index contributed by atoms with van der Waals surface area (Å²) >= 11 is 5.91. The Kier molecular flexibility index (Phi) is 5.37. The molecule has 1 amide bonds. The predicted octanol–water partition coefficient (Wildman–Crippen LogP) is 2.09. The molecule has 0 radical (unpaired) electrons. The van der Waals surface area contributed by atoms with Crippen molar-refractivity contribution in [2.45, 2.75) is 0 Å². The topological polar surface area (TPSA) is 85.4 Å². The molecule has 0 atom stereocenters. The van der Waals surface area contributed by atoms with E-state index >= 15 is 0 Å². The Hall–Kier alpha value is -2.54. The van der Waals surface area contributed by atoms with Crippen LogP contribution in [0.25, 0.3) is 0 Å². The molecule has 0 aliphatic rings. The van der Waals surface area contributed by atoms with Gasteiger partial charge in [-0.1, -0.05) is 17.7 Å². The van der Waals surface area contributed by atoms with Gasteiger partial charge in [0, 0.05) is 20.2 Å². The lowest BCUT2D eigenvalue weighted by atomic mass is 10.3. The molecule has 0 saturated heterocycles. The van der Waals surface area contributed by atoms with E-state index in [9.17, 15) is 4.79 Å². The van der Waals surface area contributed by atoms with E-state index < -0.39 is 0 Å². The van der Waals surface area contributed by atoms with Crippen molar-refractivity contribution in [1.29, 1.82) is 0 Å². The van der Waals surface area contributed by atoms with Crippen molar-refractivity contribution in [2.75, 3.05) is 26.0 Å². The van der Waals surface area contributed by atoms with Gasteiger partial charge in [-0.2, -0.15) is 4.98 Å². The molecule has 0 spiro atoms. The van der Waals surface area contributed by atoms with Crippen molar-refractivity contribution in [2.24, 2.45) is 0 Å². The SMILES string of the molecule is CNC(=O)COc1cccc(Oc2ncc(Cl)c(NC)n2)c1. The van der Waals surface area contributed by atoms with Crippen molar-refractivity contribution < 1.29 is 14.3 Å². The number of aromatic nitrogens is 2.